The third-order valence-corrected chi connectivity index (χ3v) is 5.33. The summed E-state index contributed by atoms with van der Waals surface area (Å²) in [6, 6.07) is 1.26. The molecule has 0 spiro atoms. The zero-order chi connectivity index (χ0) is 17.5. The first-order valence-electron chi connectivity index (χ1n) is 9.50. The summed E-state index contributed by atoms with van der Waals surface area (Å²) in [6.07, 6.45) is 5.46. The highest BCUT2D eigenvalue weighted by Gasteiger charge is 2.29. The highest BCUT2D eigenvalue weighted by molar-refractivity contribution is 14.0. The van der Waals surface area contributed by atoms with E-state index in [0.717, 1.165) is 51.0 Å². The van der Waals surface area contributed by atoms with Crippen LogP contribution in [-0.4, -0.2) is 74.0 Å². The fraction of sp³-hybridized carbons (Fsp3) is 0.889. The van der Waals surface area contributed by atoms with Crippen LogP contribution < -0.4 is 10.6 Å². The standard InChI is InChI=1S/C18H35N5O.HI/c1-5-20-18(21-13-14(2)22(4)16-6-7-16)23-10-8-15(9-11-23)12-17(24)19-3;/h14-16H,5-13H2,1-4H3,(H,19,24)(H,20,21);1H. The summed E-state index contributed by atoms with van der Waals surface area (Å²) in [5, 5.41) is 6.17. The van der Waals surface area contributed by atoms with E-state index in [9.17, 15) is 4.79 Å². The van der Waals surface area contributed by atoms with Gasteiger partial charge in [0.2, 0.25) is 5.91 Å². The highest BCUT2D eigenvalue weighted by atomic mass is 127. The van der Waals surface area contributed by atoms with Gasteiger partial charge < -0.3 is 15.5 Å². The number of likely N-dealkylation sites (N-methyl/N-ethyl adjacent to an activating group) is 1. The van der Waals surface area contributed by atoms with Crippen LogP contribution >= 0.6 is 24.0 Å². The Morgan fingerprint density at radius 2 is 1.92 bits per heavy atom. The van der Waals surface area contributed by atoms with E-state index in [1.165, 1.54) is 12.8 Å². The van der Waals surface area contributed by atoms with Crippen LogP contribution in [0.1, 0.15) is 46.0 Å². The Bertz CT molecular complexity index is 433. The summed E-state index contributed by atoms with van der Waals surface area (Å²) < 4.78 is 0. The van der Waals surface area contributed by atoms with Gasteiger partial charge in [0, 0.05) is 45.2 Å². The molecule has 1 saturated heterocycles. The second kappa shape index (κ2) is 11.2. The number of carbonyl (C=O) groups excluding carboxylic acids is 1. The van der Waals surface area contributed by atoms with Crippen LogP contribution in [-0.2, 0) is 4.79 Å². The first kappa shape index (κ1) is 22.5. The maximum atomic E-state index is 11.5. The topological polar surface area (TPSA) is 60.0 Å². The summed E-state index contributed by atoms with van der Waals surface area (Å²) in [7, 11) is 3.93. The molecule has 6 nitrogen and oxygen atoms in total. The minimum atomic E-state index is 0. The molecule has 1 amide bonds. The quantitative estimate of drug-likeness (QED) is 0.343. The number of likely N-dealkylation sites (tertiary alicyclic amines) is 1. The molecule has 1 heterocycles. The number of aliphatic imine (C=N–C) groups is 1. The Kier molecular flexibility index (Phi) is 10.1. The van der Waals surface area contributed by atoms with Crippen molar-refractivity contribution >= 4 is 35.8 Å². The molecule has 2 aliphatic rings. The van der Waals surface area contributed by atoms with Crippen molar-refractivity contribution in [2.45, 2.75) is 58.0 Å². The van der Waals surface area contributed by atoms with Gasteiger partial charge in [-0.15, -0.1) is 24.0 Å². The van der Waals surface area contributed by atoms with Gasteiger partial charge in [0.15, 0.2) is 5.96 Å². The molecule has 0 aromatic heterocycles. The Labute approximate surface area is 170 Å². The SMILES string of the molecule is CCNC(=NCC(C)N(C)C1CC1)N1CCC(CC(=O)NC)CC1.I. The van der Waals surface area contributed by atoms with Crippen molar-refractivity contribution in [3.8, 4) is 0 Å². The average molecular weight is 465 g/mol. The summed E-state index contributed by atoms with van der Waals surface area (Å²) >= 11 is 0. The van der Waals surface area contributed by atoms with Gasteiger partial charge >= 0.3 is 0 Å². The Balaban J connectivity index is 0.00000312. The number of carbonyl (C=O) groups is 1. The molecule has 0 aromatic carbocycles. The molecule has 0 bridgehead atoms. The molecular formula is C18H36IN5O. The number of guanidine groups is 1. The predicted octanol–water partition coefficient (Wildman–Crippen LogP) is 1.90. The minimum absolute atomic E-state index is 0. The molecule has 1 atom stereocenters. The van der Waals surface area contributed by atoms with Crippen LogP contribution in [0, 0.1) is 5.92 Å². The van der Waals surface area contributed by atoms with E-state index >= 15 is 0 Å². The van der Waals surface area contributed by atoms with E-state index in [4.69, 9.17) is 4.99 Å². The number of halogens is 1. The first-order valence-corrected chi connectivity index (χ1v) is 9.50. The largest absolute Gasteiger partial charge is 0.359 e. The van der Waals surface area contributed by atoms with Gasteiger partial charge in [0.1, 0.15) is 0 Å². The molecule has 146 valence electrons. The molecule has 1 saturated carbocycles. The van der Waals surface area contributed by atoms with Gasteiger partial charge in [-0.25, -0.2) is 0 Å². The maximum Gasteiger partial charge on any atom is 0.220 e. The molecule has 2 N–H and O–H groups in total. The smallest absolute Gasteiger partial charge is 0.220 e. The fourth-order valence-electron chi connectivity index (χ4n) is 3.33. The zero-order valence-electron chi connectivity index (χ0n) is 16.3. The lowest BCUT2D eigenvalue weighted by atomic mass is 9.93. The molecule has 0 aromatic rings. The zero-order valence-corrected chi connectivity index (χ0v) is 18.6. The Hall–Kier alpha value is -0.570. The molecule has 25 heavy (non-hydrogen) atoms. The third-order valence-electron chi connectivity index (χ3n) is 5.33. The number of nitrogens with one attached hydrogen (secondary N) is 2. The van der Waals surface area contributed by atoms with Gasteiger partial charge in [-0.2, -0.15) is 0 Å². The molecule has 1 aliphatic heterocycles. The highest BCUT2D eigenvalue weighted by Crippen LogP contribution is 2.27. The Morgan fingerprint density at radius 1 is 1.28 bits per heavy atom. The van der Waals surface area contributed by atoms with Gasteiger partial charge in [0.05, 0.1) is 6.54 Å². The van der Waals surface area contributed by atoms with Gasteiger partial charge in [-0.05, 0) is 52.5 Å². The van der Waals surface area contributed by atoms with Crippen molar-refractivity contribution < 1.29 is 4.79 Å². The predicted molar refractivity (Wildman–Crippen MR) is 115 cm³/mol. The van der Waals surface area contributed by atoms with Gasteiger partial charge in [0.25, 0.3) is 0 Å². The normalized spacial score (nSPS) is 20.2. The van der Waals surface area contributed by atoms with Crippen LogP contribution in [0.4, 0.5) is 0 Å². The number of piperidine rings is 1. The van der Waals surface area contributed by atoms with Crippen LogP contribution in [0.2, 0.25) is 0 Å². The lowest BCUT2D eigenvalue weighted by Gasteiger charge is -2.34. The van der Waals surface area contributed by atoms with Gasteiger partial charge in [-0.1, -0.05) is 0 Å². The number of rotatable bonds is 7. The van der Waals surface area contributed by atoms with Crippen LogP contribution in [0.5, 0.6) is 0 Å². The van der Waals surface area contributed by atoms with Crippen LogP contribution in [0.3, 0.4) is 0 Å². The number of amides is 1. The molecule has 2 rings (SSSR count). The van der Waals surface area contributed by atoms with Crippen molar-refractivity contribution in [2.75, 3.05) is 40.3 Å². The molecule has 1 aliphatic carbocycles. The van der Waals surface area contributed by atoms with Crippen molar-refractivity contribution in [3.05, 3.63) is 0 Å². The van der Waals surface area contributed by atoms with Crippen molar-refractivity contribution in [2.24, 2.45) is 10.9 Å². The second-order valence-electron chi connectivity index (χ2n) is 7.25. The molecule has 1 unspecified atom stereocenters. The lowest BCUT2D eigenvalue weighted by Crippen LogP contribution is -2.46. The van der Waals surface area contributed by atoms with Crippen LogP contribution in [0.25, 0.3) is 0 Å². The van der Waals surface area contributed by atoms with Crippen molar-refractivity contribution in [1.82, 2.24) is 20.4 Å². The van der Waals surface area contributed by atoms with Crippen LogP contribution in [0.15, 0.2) is 4.99 Å². The molecule has 0 radical (unpaired) electrons. The van der Waals surface area contributed by atoms with E-state index < -0.39 is 0 Å². The van der Waals surface area contributed by atoms with E-state index in [1.54, 1.807) is 7.05 Å². The Morgan fingerprint density at radius 3 is 2.44 bits per heavy atom. The van der Waals surface area contributed by atoms with E-state index in [-0.39, 0.29) is 29.9 Å². The summed E-state index contributed by atoms with van der Waals surface area (Å²) in [4.78, 5) is 21.2. The van der Waals surface area contributed by atoms with Crippen molar-refractivity contribution in [1.29, 1.82) is 0 Å². The summed E-state index contributed by atoms with van der Waals surface area (Å²) in [5.41, 5.74) is 0. The monoisotopic (exact) mass is 465 g/mol. The summed E-state index contributed by atoms with van der Waals surface area (Å²) in [6.45, 7) is 8.09. The lowest BCUT2D eigenvalue weighted by molar-refractivity contribution is -0.121. The number of nitrogens with zero attached hydrogens (tertiary/aromatic N) is 3. The fourth-order valence-corrected chi connectivity index (χ4v) is 3.33. The number of hydrogen-bond donors (Lipinski definition) is 2. The second-order valence-corrected chi connectivity index (χ2v) is 7.25. The van der Waals surface area contributed by atoms with Crippen molar-refractivity contribution in [3.63, 3.8) is 0 Å². The van der Waals surface area contributed by atoms with E-state index in [0.29, 0.717) is 18.4 Å². The maximum absolute atomic E-state index is 11.5. The minimum Gasteiger partial charge on any atom is -0.359 e. The molecular weight excluding hydrogens is 429 g/mol. The number of hydrogen-bond acceptors (Lipinski definition) is 3. The first-order chi connectivity index (χ1) is 11.5. The van der Waals surface area contributed by atoms with E-state index in [1.807, 2.05) is 0 Å². The summed E-state index contributed by atoms with van der Waals surface area (Å²) in [5.74, 6) is 1.70. The third kappa shape index (κ3) is 7.29. The molecule has 7 heteroatoms. The average Bonchev–Trinajstić information content (AvgIpc) is 3.43. The van der Waals surface area contributed by atoms with E-state index in [2.05, 4.69) is 41.3 Å². The van der Waals surface area contributed by atoms with Gasteiger partial charge in [-0.3, -0.25) is 14.7 Å². The molecule has 2 fully saturated rings.